The summed E-state index contributed by atoms with van der Waals surface area (Å²) in [5.41, 5.74) is 5.15. The highest BCUT2D eigenvalue weighted by atomic mass is 16.6. The van der Waals surface area contributed by atoms with Crippen molar-refractivity contribution in [3.8, 4) is 6.07 Å². The fourth-order valence-electron chi connectivity index (χ4n) is 1.58. The Kier molecular flexibility index (Phi) is 5.68. The highest BCUT2D eigenvalue weighted by molar-refractivity contribution is 5.67. The molecular formula is C14H20N4O4. The predicted octanol–water partition coefficient (Wildman–Crippen LogP) is 0.454. The van der Waals surface area contributed by atoms with Crippen LogP contribution in [0.25, 0.3) is 0 Å². The number of aromatic nitrogens is 1. The normalized spacial score (nSPS) is 13.8. The van der Waals surface area contributed by atoms with Crippen LogP contribution in [0.2, 0.25) is 0 Å². The molecule has 0 fully saturated rings. The Labute approximate surface area is 128 Å². The molecule has 5 N–H and O–H groups in total. The number of aliphatic hydroxyl groups is 2. The van der Waals surface area contributed by atoms with Gasteiger partial charge in [-0.05, 0) is 26.8 Å². The number of rotatable bonds is 4. The lowest BCUT2D eigenvalue weighted by atomic mass is 10.0. The van der Waals surface area contributed by atoms with E-state index in [2.05, 4.69) is 10.3 Å². The third-order valence-corrected chi connectivity index (χ3v) is 2.62. The zero-order valence-corrected chi connectivity index (χ0v) is 12.7. The molecule has 8 nitrogen and oxygen atoms in total. The average Bonchev–Trinajstić information content (AvgIpc) is 2.42. The number of nitriles is 1. The van der Waals surface area contributed by atoms with Gasteiger partial charge in [-0.25, -0.2) is 9.78 Å². The van der Waals surface area contributed by atoms with E-state index in [4.69, 9.17) is 15.7 Å². The summed E-state index contributed by atoms with van der Waals surface area (Å²) < 4.78 is 5.01. The molecule has 1 heterocycles. The first kappa shape index (κ1) is 17.7. The topological polar surface area (TPSA) is 141 Å². The van der Waals surface area contributed by atoms with Gasteiger partial charge in [0.2, 0.25) is 0 Å². The van der Waals surface area contributed by atoms with E-state index in [0.717, 1.165) is 0 Å². The molecule has 1 amide bonds. The molecule has 22 heavy (non-hydrogen) atoms. The summed E-state index contributed by atoms with van der Waals surface area (Å²) in [4.78, 5) is 15.2. The third kappa shape index (κ3) is 5.20. The number of nitrogen functional groups attached to an aromatic ring is 1. The number of nitrogens with zero attached hydrogens (tertiary/aromatic N) is 2. The minimum absolute atomic E-state index is 0.0415. The summed E-state index contributed by atoms with van der Waals surface area (Å²) in [7, 11) is 0. The first-order valence-corrected chi connectivity index (χ1v) is 6.62. The number of nitrogens with two attached hydrogens (primary N) is 1. The van der Waals surface area contributed by atoms with Gasteiger partial charge in [0.05, 0.1) is 5.56 Å². The van der Waals surface area contributed by atoms with Gasteiger partial charge in [0, 0.05) is 18.3 Å². The van der Waals surface area contributed by atoms with Crippen molar-refractivity contribution in [2.45, 2.75) is 38.6 Å². The number of anilines is 1. The van der Waals surface area contributed by atoms with Gasteiger partial charge in [0.25, 0.3) is 0 Å². The average molecular weight is 308 g/mol. The molecular weight excluding hydrogens is 288 g/mol. The molecule has 0 spiro atoms. The van der Waals surface area contributed by atoms with Crippen molar-refractivity contribution in [3.05, 3.63) is 23.4 Å². The molecule has 1 aromatic rings. The molecule has 2 unspecified atom stereocenters. The lowest BCUT2D eigenvalue weighted by Crippen LogP contribution is -2.38. The summed E-state index contributed by atoms with van der Waals surface area (Å²) >= 11 is 0. The van der Waals surface area contributed by atoms with Crippen LogP contribution >= 0.6 is 0 Å². The molecule has 0 aromatic carbocycles. The van der Waals surface area contributed by atoms with Crippen LogP contribution in [0, 0.1) is 11.3 Å². The Morgan fingerprint density at radius 3 is 2.73 bits per heavy atom. The molecule has 1 rings (SSSR count). The van der Waals surface area contributed by atoms with Gasteiger partial charge >= 0.3 is 6.09 Å². The van der Waals surface area contributed by atoms with Crippen molar-refractivity contribution >= 4 is 11.9 Å². The van der Waals surface area contributed by atoms with E-state index < -0.39 is 23.9 Å². The van der Waals surface area contributed by atoms with Crippen LogP contribution in [0.5, 0.6) is 0 Å². The number of ether oxygens (including phenoxy) is 1. The summed E-state index contributed by atoms with van der Waals surface area (Å²) in [6, 6.07) is 3.17. The molecule has 0 aliphatic carbocycles. The largest absolute Gasteiger partial charge is 0.444 e. The summed E-state index contributed by atoms with van der Waals surface area (Å²) in [5, 5.41) is 31.1. The second kappa shape index (κ2) is 7.06. The van der Waals surface area contributed by atoms with Crippen LogP contribution < -0.4 is 11.1 Å². The number of aliphatic hydroxyl groups excluding tert-OH is 2. The second-order valence-electron chi connectivity index (χ2n) is 5.71. The predicted molar refractivity (Wildman–Crippen MR) is 78.6 cm³/mol. The van der Waals surface area contributed by atoms with Gasteiger partial charge in [-0.2, -0.15) is 5.26 Å². The highest BCUT2D eigenvalue weighted by Gasteiger charge is 2.22. The second-order valence-corrected chi connectivity index (χ2v) is 5.71. The third-order valence-electron chi connectivity index (χ3n) is 2.62. The number of carbonyl (C=O) groups is 1. The minimum Gasteiger partial charge on any atom is -0.444 e. The number of hydrogen-bond donors (Lipinski definition) is 4. The number of carbonyl (C=O) groups excluding carboxylic acids is 1. The number of pyridine rings is 1. The standard InChI is InChI=1S/C14H20N4O4/c1-14(2,3)22-13(21)18-7-10(19)11(20)9-4-8(5-15)12(16)17-6-9/h4,6,10-11,19-20H,7H2,1-3H3,(H2,16,17)(H,18,21). The molecule has 1 aromatic heterocycles. The summed E-state index contributed by atoms with van der Waals surface area (Å²) in [6.07, 6.45) is -2.05. The maximum Gasteiger partial charge on any atom is 0.407 e. The van der Waals surface area contributed by atoms with Gasteiger partial charge in [-0.1, -0.05) is 0 Å². The van der Waals surface area contributed by atoms with E-state index >= 15 is 0 Å². The molecule has 0 saturated carbocycles. The highest BCUT2D eigenvalue weighted by Crippen LogP contribution is 2.19. The van der Waals surface area contributed by atoms with Crippen LogP contribution in [-0.4, -0.2) is 39.5 Å². The Morgan fingerprint density at radius 2 is 2.18 bits per heavy atom. The fraction of sp³-hybridized carbons (Fsp3) is 0.500. The van der Waals surface area contributed by atoms with Crippen molar-refractivity contribution in [2.24, 2.45) is 0 Å². The van der Waals surface area contributed by atoms with Crippen LogP contribution in [0.1, 0.15) is 38.0 Å². The van der Waals surface area contributed by atoms with Gasteiger partial charge in [-0.3, -0.25) is 0 Å². The molecule has 0 bridgehead atoms. The minimum atomic E-state index is -1.32. The van der Waals surface area contributed by atoms with Gasteiger partial charge in [0.1, 0.15) is 29.7 Å². The van der Waals surface area contributed by atoms with Crippen LogP contribution in [-0.2, 0) is 4.74 Å². The number of hydrogen-bond acceptors (Lipinski definition) is 7. The monoisotopic (exact) mass is 308 g/mol. The zero-order valence-electron chi connectivity index (χ0n) is 12.7. The summed E-state index contributed by atoms with van der Waals surface area (Å²) in [5.74, 6) is 0.0415. The van der Waals surface area contributed by atoms with E-state index in [1.54, 1.807) is 20.8 Å². The number of nitrogens with one attached hydrogen (secondary N) is 1. The van der Waals surface area contributed by atoms with Crippen LogP contribution in [0.3, 0.4) is 0 Å². The maximum absolute atomic E-state index is 11.5. The van der Waals surface area contributed by atoms with Crippen LogP contribution in [0.15, 0.2) is 12.3 Å². The smallest absolute Gasteiger partial charge is 0.407 e. The van der Waals surface area contributed by atoms with Gasteiger partial charge < -0.3 is 26.0 Å². The van der Waals surface area contributed by atoms with Crippen molar-refractivity contribution in [1.82, 2.24) is 10.3 Å². The van der Waals surface area contributed by atoms with Crippen molar-refractivity contribution in [2.75, 3.05) is 12.3 Å². The first-order valence-electron chi connectivity index (χ1n) is 6.62. The molecule has 0 saturated heterocycles. The molecule has 8 heteroatoms. The molecule has 2 atom stereocenters. The summed E-state index contributed by atoms with van der Waals surface area (Å²) in [6.45, 7) is 4.91. The SMILES string of the molecule is CC(C)(C)OC(=O)NCC(O)C(O)c1cnc(N)c(C#N)c1. The zero-order chi connectivity index (χ0) is 16.9. The molecule has 0 radical (unpaired) electrons. The van der Waals surface area contributed by atoms with Crippen LogP contribution in [0.4, 0.5) is 10.6 Å². The molecule has 0 aliphatic heterocycles. The lowest BCUT2D eigenvalue weighted by molar-refractivity contribution is 0.0128. The molecule has 0 aliphatic rings. The Bertz CT molecular complexity index is 577. The Hall–Kier alpha value is -2.37. The van der Waals surface area contributed by atoms with Crippen molar-refractivity contribution in [3.63, 3.8) is 0 Å². The number of alkyl carbamates (subject to hydrolysis) is 1. The maximum atomic E-state index is 11.5. The lowest BCUT2D eigenvalue weighted by Gasteiger charge is -2.22. The van der Waals surface area contributed by atoms with E-state index in [1.807, 2.05) is 6.07 Å². The quantitative estimate of drug-likeness (QED) is 0.632. The van der Waals surface area contributed by atoms with Crippen molar-refractivity contribution in [1.29, 1.82) is 5.26 Å². The van der Waals surface area contributed by atoms with Crippen molar-refractivity contribution < 1.29 is 19.7 Å². The number of amides is 1. The first-order chi connectivity index (χ1) is 10.1. The van der Waals surface area contributed by atoms with E-state index in [9.17, 15) is 15.0 Å². The van der Waals surface area contributed by atoms with E-state index in [0.29, 0.717) is 0 Å². The van der Waals surface area contributed by atoms with E-state index in [1.165, 1.54) is 12.3 Å². The Morgan fingerprint density at radius 1 is 1.55 bits per heavy atom. The van der Waals surface area contributed by atoms with Gasteiger partial charge in [-0.15, -0.1) is 0 Å². The fourth-order valence-corrected chi connectivity index (χ4v) is 1.58. The van der Waals surface area contributed by atoms with Gasteiger partial charge in [0.15, 0.2) is 0 Å². The van der Waals surface area contributed by atoms with E-state index in [-0.39, 0.29) is 23.5 Å². The Balaban J connectivity index is 2.64. The molecule has 120 valence electrons.